The van der Waals surface area contributed by atoms with Crippen LogP contribution in [0.5, 0.6) is 0 Å². The van der Waals surface area contributed by atoms with Gasteiger partial charge in [-0.2, -0.15) is 0 Å². The number of nitrogens with two attached hydrogens (primary N) is 1. The summed E-state index contributed by atoms with van der Waals surface area (Å²) in [5, 5.41) is 19.1. The van der Waals surface area contributed by atoms with E-state index in [2.05, 4.69) is 0 Å². The molecule has 1 aliphatic rings. The second-order valence-corrected chi connectivity index (χ2v) is 5.06. The second-order valence-electron chi connectivity index (χ2n) is 5.06. The highest BCUT2D eigenvalue weighted by molar-refractivity contribution is 6.08. The number of ketones is 1. The summed E-state index contributed by atoms with van der Waals surface area (Å²) in [5.74, 6) is -0.992. The lowest BCUT2D eigenvalue weighted by molar-refractivity contribution is -0.0403. The number of fused-ring (bicyclic) bond motifs is 1. The molecule has 110 valence electrons. The molecule has 1 aromatic rings. The molecule has 0 aromatic heterocycles. The summed E-state index contributed by atoms with van der Waals surface area (Å²) in [6.07, 6.45) is 0.502. The molecule has 0 saturated carbocycles. The molecular weight excluding hydrogens is 265 g/mol. The quantitative estimate of drug-likeness (QED) is 0.555. The molecule has 1 unspecified atom stereocenters. The Labute approximate surface area is 116 Å². The molecule has 0 amide bonds. The molecule has 20 heavy (non-hydrogen) atoms. The van der Waals surface area contributed by atoms with Crippen LogP contribution in [-0.4, -0.2) is 41.4 Å². The standard InChI is InChI=1S/C14H18FNO4/c1-8-9-2-3-14(19,7-20-5-4-17)13(18)12(9)11(16)6-10(8)15/h6,17,19H,2-5,7,16H2,1H3. The van der Waals surface area contributed by atoms with Gasteiger partial charge < -0.3 is 20.7 Å². The number of anilines is 1. The Hall–Kier alpha value is -1.50. The van der Waals surface area contributed by atoms with Gasteiger partial charge in [0.05, 0.1) is 19.8 Å². The van der Waals surface area contributed by atoms with Gasteiger partial charge in [-0.3, -0.25) is 4.79 Å². The Morgan fingerprint density at radius 2 is 2.25 bits per heavy atom. The fourth-order valence-corrected chi connectivity index (χ4v) is 2.52. The summed E-state index contributed by atoms with van der Waals surface area (Å²) < 4.78 is 18.7. The normalized spacial score (nSPS) is 21.9. The van der Waals surface area contributed by atoms with Crippen LogP contribution in [0.3, 0.4) is 0 Å². The van der Waals surface area contributed by atoms with Crippen LogP contribution in [0.15, 0.2) is 6.07 Å². The molecule has 1 aromatic carbocycles. The molecule has 0 bridgehead atoms. The number of aliphatic hydroxyl groups is 2. The third kappa shape index (κ3) is 2.42. The molecule has 5 nitrogen and oxygen atoms in total. The van der Waals surface area contributed by atoms with Crippen LogP contribution in [0.1, 0.15) is 27.9 Å². The average molecular weight is 283 g/mol. The minimum absolute atomic E-state index is 0.0355. The summed E-state index contributed by atoms with van der Waals surface area (Å²) >= 11 is 0. The summed E-state index contributed by atoms with van der Waals surface area (Å²) in [6, 6.07) is 1.10. The number of aliphatic hydroxyl groups excluding tert-OH is 1. The summed E-state index contributed by atoms with van der Waals surface area (Å²) in [6.45, 7) is 1.24. The van der Waals surface area contributed by atoms with Gasteiger partial charge in [-0.25, -0.2) is 4.39 Å². The van der Waals surface area contributed by atoms with Crippen LogP contribution >= 0.6 is 0 Å². The third-order valence-electron chi connectivity index (χ3n) is 3.70. The Bertz CT molecular complexity index is 546. The van der Waals surface area contributed by atoms with Crippen LogP contribution in [-0.2, 0) is 11.2 Å². The van der Waals surface area contributed by atoms with Gasteiger partial charge >= 0.3 is 0 Å². The Morgan fingerprint density at radius 3 is 2.90 bits per heavy atom. The number of ether oxygens (including phenoxy) is 1. The summed E-state index contributed by atoms with van der Waals surface area (Å²) in [5.41, 5.74) is 5.22. The number of hydrogen-bond donors (Lipinski definition) is 3. The highest BCUT2D eigenvalue weighted by Crippen LogP contribution is 2.35. The van der Waals surface area contributed by atoms with Gasteiger partial charge in [-0.15, -0.1) is 0 Å². The van der Waals surface area contributed by atoms with Crippen LogP contribution in [0, 0.1) is 12.7 Å². The van der Waals surface area contributed by atoms with E-state index in [4.69, 9.17) is 15.6 Å². The van der Waals surface area contributed by atoms with Crippen molar-refractivity contribution in [2.24, 2.45) is 0 Å². The molecule has 0 heterocycles. The first-order valence-electron chi connectivity index (χ1n) is 6.44. The summed E-state index contributed by atoms with van der Waals surface area (Å²) in [7, 11) is 0. The zero-order valence-electron chi connectivity index (χ0n) is 11.3. The van der Waals surface area contributed by atoms with Crippen LogP contribution < -0.4 is 5.73 Å². The monoisotopic (exact) mass is 283 g/mol. The van der Waals surface area contributed by atoms with Gasteiger partial charge in [-0.1, -0.05) is 0 Å². The molecule has 0 aliphatic heterocycles. The Kier molecular flexibility index (Phi) is 4.08. The fourth-order valence-electron chi connectivity index (χ4n) is 2.52. The third-order valence-corrected chi connectivity index (χ3v) is 3.70. The van der Waals surface area contributed by atoms with Crippen molar-refractivity contribution >= 4 is 11.5 Å². The summed E-state index contributed by atoms with van der Waals surface area (Å²) in [4.78, 5) is 12.4. The zero-order valence-corrected chi connectivity index (χ0v) is 11.3. The number of hydrogen-bond acceptors (Lipinski definition) is 5. The van der Waals surface area contributed by atoms with Crippen molar-refractivity contribution in [1.29, 1.82) is 0 Å². The van der Waals surface area contributed by atoms with E-state index in [0.717, 1.165) is 6.07 Å². The predicted molar refractivity (Wildman–Crippen MR) is 71.1 cm³/mol. The SMILES string of the molecule is Cc1c(F)cc(N)c2c1CCC(O)(COCCO)C2=O. The van der Waals surface area contributed by atoms with Crippen LogP contribution in [0.25, 0.3) is 0 Å². The maximum atomic E-state index is 13.6. The van der Waals surface area contributed by atoms with Gasteiger partial charge in [0.25, 0.3) is 0 Å². The van der Waals surface area contributed by atoms with Gasteiger partial charge in [0.1, 0.15) is 5.82 Å². The molecule has 1 atom stereocenters. The molecule has 0 radical (unpaired) electrons. The number of carbonyl (C=O) groups is 1. The van der Waals surface area contributed by atoms with Crippen molar-refractivity contribution in [2.45, 2.75) is 25.4 Å². The first-order valence-corrected chi connectivity index (χ1v) is 6.44. The van der Waals surface area contributed by atoms with Gasteiger partial charge in [0.2, 0.25) is 0 Å². The second kappa shape index (κ2) is 5.47. The van der Waals surface area contributed by atoms with E-state index in [9.17, 15) is 14.3 Å². The lowest BCUT2D eigenvalue weighted by Crippen LogP contribution is -2.47. The van der Waals surface area contributed by atoms with Crippen molar-refractivity contribution < 1.29 is 24.1 Å². The molecule has 0 saturated heterocycles. The van der Waals surface area contributed by atoms with Crippen molar-refractivity contribution in [1.82, 2.24) is 0 Å². The van der Waals surface area contributed by atoms with Gasteiger partial charge in [0, 0.05) is 11.3 Å². The van der Waals surface area contributed by atoms with E-state index in [-0.39, 0.29) is 37.5 Å². The lowest BCUT2D eigenvalue weighted by atomic mass is 9.77. The first kappa shape index (κ1) is 14.9. The topological polar surface area (TPSA) is 92.8 Å². The number of Topliss-reactive ketones (excluding diaryl/α,β-unsaturated/α-hetero) is 1. The zero-order chi connectivity index (χ0) is 14.9. The highest BCUT2D eigenvalue weighted by Gasteiger charge is 2.42. The van der Waals surface area contributed by atoms with E-state index in [1.165, 1.54) is 0 Å². The number of benzene rings is 1. The molecule has 0 spiro atoms. The van der Waals surface area contributed by atoms with E-state index in [1.54, 1.807) is 6.92 Å². The molecule has 6 heteroatoms. The number of nitrogen functional groups attached to an aromatic ring is 1. The van der Waals surface area contributed by atoms with Crippen molar-refractivity contribution in [3.8, 4) is 0 Å². The maximum Gasteiger partial charge on any atom is 0.199 e. The Morgan fingerprint density at radius 1 is 1.55 bits per heavy atom. The molecule has 4 N–H and O–H groups in total. The van der Waals surface area contributed by atoms with Crippen molar-refractivity contribution in [3.63, 3.8) is 0 Å². The average Bonchev–Trinajstić information content (AvgIpc) is 2.40. The van der Waals surface area contributed by atoms with E-state index in [0.29, 0.717) is 17.5 Å². The Balaban J connectivity index is 2.36. The van der Waals surface area contributed by atoms with Crippen molar-refractivity contribution in [2.75, 3.05) is 25.6 Å². The van der Waals surface area contributed by atoms with Gasteiger partial charge in [0.15, 0.2) is 11.4 Å². The number of rotatable bonds is 4. The predicted octanol–water partition coefficient (Wildman–Crippen LogP) is 0.585. The fraction of sp³-hybridized carbons (Fsp3) is 0.500. The largest absolute Gasteiger partial charge is 0.398 e. The molecular formula is C14H18FNO4. The number of carbonyl (C=O) groups excluding carboxylic acids is 1. The molecule has 2 rings (SSSR count). The lowest BCUT2D eigenvalue weighted by Gasteiger charge is -2.33. The smallest absolute Gasteiger partial charge is 0.199 e. The minimum Gasteiger partial charge on any atom is -0.398 e. The molecule has 0 fully saturated rings. The van der Waals surface area contributed by atoms with E-state index in [1.807, 2.05) is 0 Å². The van der Waals surface area contributed by atoms with Crippen LogP contribution in [0.2, 0.25) is 0 Å². The van der Waals surface area contributed by atoms with Crippen LogP contribution in [0.4, 0.5) is 10.1 Å². The van der Waals surface area contributed by atoms with Gasteiger partial charge in [-0.05, 0) is 37.0 Å². The maximum absolute atomic E-state index is 13.6. The van der Waals surface area contributed by atoms with E-state index >= 15 is 0 Å². The minimum atomic E-state index is -1.67. The molecule has 1 aliphatic carbocycles. The van der Waals surface area contributed by atoms with Crippen molar-refractivity contribution in [3.05, 3.63) is 28.6 Å². The highest BCUT2D eigenvalue weighted by atomic mass is 19.1. The first-order chi connectivity index (χ1) is 9.40. The number of halogens is 1. The van der Waals surface area contributed by atoms with E-state index < -0.39 is 17.2 Å².